The van der Waals surface area contributed by atoms with Crippen molar-refractivity contribution in [2.45, 2.75) is 109 Å². The van der Waals surface area contributed by atoms with Crippen LogP contribution in [0.4, 0.5) is 14.5 Å². The molecule has 1 saturated heterocycles. The van der Waals surface area contributed by atoms with Gasteiger partial charge in [-0.25, -0.2) is 8.78 Å². The highest BCUT2D eigenvalue weighted by Gasteiger charge is 2.80. The Labute approximate surface area is 253 Å². The molecule has 0 amide bonds. The van der Waals surface area contributed by atoms with E-state index in [1.54, 1.807) is 25.2 Å². The lowest BCUT2D eigenvalue weighted by atomic mass is 9.44. The lowest BCUT2D eigenvalue weighted by Gasteiger charge is -2.63. The van der Waals surface area contributed by atoms with E-state index in [2.05, 4.69) is 25.7 Å². The van der Waals surface area contributed by atoms with Gasteiger partial charge < -0.3 is 24.6 Å². The topological polar surface area (TPSA) is 77.0 Å². The lowest BCUT2D eigenvalue weighted by molar-refractivity contribution is -0.234. The van der Waals surface area contributed by atoms with Crippen molar-refractivity contribution in [3.8, 4) is 5.75 Å². The van der Waals surface area contributed by atoms with Crippen LogP contribution in [-0.4, -0.2) is 59.5 Å². The molecule has 1 aromatic carbocycles. The third kappa shape index (κ3) is 4.30. The Balaban J connectivity index is 1.33. The molecule has 1 aliphatic heterocycles. The zero-order valence-electron chi connectivity index (χ0n) is 25.9. The molecule has 0 radical (unpaired) electrons. The van der Waals surface area contributed by atoms with Crippen LogP contribution in [-0.2, 0) is 14.3 Å². The fraction of sp³-hybridized carbons (Fsp3) is 0.629. The molecule has 1 unspecified atom stereocenters. The predicted molar refractivity (Wildman–Crippen MR) is 161 cm³/mol. The van der Waals surface area contributed by atoms with E-state index in [4.69, 9.17) is 14.2 Å². The van der Waals surface area contributed by atoms with E-state index in [9.17, 15) is 9.90 Å². The van der Waals surface area contributed by atoms with Crippen LogP contribution in [0.25, 0.3) is 0 Å². The van der Waals surface area contributed by atoms with Crippen molar-refractivity contribution in [2.75, 3.05) is 11.9 Å². The van der Waals surface area contributed by atoms with Gasteiger partial charge in [0.05, 0.1) is 12.2 Å². The van der Waals surface area contributed by atoms with Gasteiger partial charge in [-0.05, 0) is 87.8 Å². The molecule has 1 heterocycles. The van der Waals surface area contributed by atoms with Crippen molar-refractivity contribution in [3.05, 3.63) is 60.2 Å². The number of fused-ring (bicyclic) bond motifs is 7. The van der Waals surface area contributed by atoms with Crippen molar-refractivity contribution in [3.63, 3.8) is 0 Å². The summed E-state index contributed by atoms with van der Waals surface area (Å²) in [6.07, 6.45) is 2.57. The molecule has 1 aromatic rings. The predicted octanol–water partition coefficient (Wildman–Crippen LogP) is 6.65. The fourth-order valence-corrected chi connectivity index (χ4v) is 9.19. The minimum absolute atomic E-state index is 0.0146. The molecule has 234 valence electrons. The molecule has 4 fully saturated rings. The third-order valence-electron chi connectivity index (χ3n) is 11.1. The van der Waals surface area contributed by atoms with Gasteiger partial charge in [0.1, 0.15) is 18.5 Å². The number of carbonyl (C=O) groups is 1. The lowest BCUT2D eigenvalue weighted by Crippen LogP contribution is -2.70. The molecule has 0 spiro atoms. The van der Waals surface area contributed by atoms with Crippen molar-refractivity contribution in [1.29, 1.82) is 0 Å². The van der Waals surface area contributed by atoms with Crippen molar-refractivity contribution < 1.29 is 32.9 Å². The highest BCUT2D eigenvalue weighted by Crippen LogP contribution is 2.72. The monoisotopic (exact) mass is 597 g/mol. The van der Waals surface area contributed by atoms with Crippen LogP contribution in [0, 0.1) is 22.7 Å². The van der Waals surface area contributed by atoms with Gasteiger partial charge in [0.15, 0.2) is 17.6 Å². The number of halogens is 2. The number of hydrogen-bond donors (Lipinski definition) is 2. The van der Waals surface area contributed by atoms with Crippen molar-refractivity contribution in [1.82, 2.24) is 0 Å². The first kappa shape index (κ1) is 30.5. The van der Waals surface area contributed by atoms with E-state index in [0.717, 1.165) is 12.1 Å². The van der Waals surface area contributed by atoms with Gasteiger partial charge in [-0.3, -0.25) is 4.79 Å². The Hall–Kier alpha value is -2.55. The summed E-state index contributed by atoms with van der Waals surface area (Å²) >= 11 is 0. The maximum Gasteiger partial charge on any atom is 0.205 e. The Morgan fingerprint density at radius 3 is 2.60 bits per heavy atom. The van der Waals surface area contributed by atoms with Gasteiger partial charge in [-0.1, -0.05) is 45.1 Å². The van der Waals surface area contributed by atoms with Gasteiger partial charge >= 0.3 is 0 Å². The molecule has 8 heteroatoms. The second kappa shape index (κ2) is 10.5. The molecule has 6 nitrogen and oxygen atoms in total. The number of carbonyl (C=O) groups excluding carboxylic acids is 1. The molecule has 0 aromatic heterocycles. The largest absolute Gasteiger partial charge is 0.486 e. The molecular formula is C35H45F2NO5. The number of allylic oxidation sites excluding steroid dienone is 5. The number of rotatable bonds is 8. The minimum atomic E-state index is -2.13. The highest BCUT2D eigenvalue weighted by molar-refractivity contribution is 5.91. The molecule has 6 rings (SSSR count). The number of aliphatic hydroxyl groups is 1. The standard InChI is InChI=1S/C35H45F2NO5/c1-7-8-31-42-30-17-24-25-16-27(36)26-15-21(4)13-14-32(26,5)34(25,37)28(39)18-33(24,6)35(30,43-31)29(40)19-41-23-11-9-22(10-12-23)38-20(2)3/h9-15,20,24-25,27-28,30-31,38-39H,4,7-8,16-19H2,1-3,5-6H3/t24-,25-,27-,28-,30+,31?,32-,33-,34-,35+/m0/s1. The Bertz CT molecular complexity index is 1340. The average Bonchev–Trinajstić information content (AvgIpc) is 3.43. The molecule has 5 aliphatic rings. The van der Waals surface area contributed by atoms with E-state index in [0.29, 0.717) is 29.7 Å². The summed E-state index contributed by atoms with van der Waals surface area (Å²) in [4.78, 5) is 14.4. The zero-order valence-corrected chi connectivity index (χ0v) is 25.9. The number of hydrogen-bond acceptors (Lipinski definition) is 6. The average molecular weight is 598 g/mol. The Morgan fingerprint density at radius 2 is 1.93 bits per heavy atom. The molecular weight excluding hydrogens is 552 g/mol. The second-order valence-electron chi connectivity index (χ2n) is 14.0. The maximum absolute atomic E-state index is 17.7. The van der Waals surface area contributed by atoms with E-state index < -0.39 is 58.6 Å². The summed E-state index contributed by atoms with van der Waals surface area (Å²) in [7, 11) is 0. The highest BCUT2D eigenvalue weighted by atomic mass is 19.1. The van der Waals surface area contributed by atoms with Crippen molar-refractivity contribution in [2.24, 2.45) is 22.7 Å². The number of anilines is 1. The van der Waals surface area contributed by atoms with Crippen LogP contribution >= 0.6 is 0 Å². The van der Waals surface area contributed by atoms with Crippen LogP contribution < -0.4 is 10.1 Å². The van der Waals surface area contributed by atoms with Crippen LogP contribution in [0.1, 0.15) is 66.7 Å². The van der Waals surface area contributed by atoms with Gasteiger partial charge in [0.25, 0.3) is 0 Å². The Kier molecular flexibility index (Phi) is 7.46. The van der Waals surface area contributed by atoms with Crippen molar-refractivity contribution >= 4 is 11.5 Å². The zero-order chi connectivity index (χ0) is 30.9. The first-order valence-corrected chi connectivity index (χ1v) is 15.8. The molecule has 0 bridgehead atoms. The molecule has 2 N–H and O–H groups in total. The van der Waals surface area contributed by atoms with Crippen LogP contribution in [0.15, 0.2) is 60.2 Å². The van der Waals surface area contributed by atoms with E-state index >= 15 is 8.78 Å². The summed E-state index contributed by atoms with van der Waals surface area (Å²) < 4.78 is 52.6. The first-order chi connectivity index (χ1) is 20.3. The van der Waals surface area contributed by atoms with Crippen LogP contribution in [0.5, 0.6) is 5.75 Å². The van der Waals surface area contributed by atoms with E-state index in [-0.39, 0.29) is 31.3 Å². The molecule has 4 aliphatic carbocycles. The normalized spacial score (nSPS) is 43.0. The minimum Gasteiger partial charge on any atom is -0.486 e. The van der Waals surface area contributed by atoms with E-state index in [1.165, 1.54) is 0 Å². The van der Waals surface area contributed by atoms with E-state index in [1.807, 2.05) is 38.1 Å². The smallest absolute Gasteiger partial charge is 0.205 e. The van der Waals surface area contributed by atoms with Gasteiger partial charge in [-0.2, -0.15) is 0 Å². The van der Waals surface area contributed by atoms with Gasteiger partial charge in [0.2, 0.25) is 5.78 Å². The summed E-state index contributed by atoms with van der Waals surface area (Å²) in [5.74, 6) is -1.05. The molecule has 10 atom stereocenters. The first-order valence-electron chi connectivity index (χ1n) is 15.8. The number of nitrogens with one attached hydrogen (secondary N) is 1. The fourth-order valence-electron chi connectivity index (χ4n) is 9.19. The summed E-state index contributed by atoms with van der Waals surface area (Å²) in [5, 5.41) is 15.1. The van der Waals surface area contributed by atoms with Crippen LogP contribution in [0.2, 0.25) is 0 Å². The number of alkyl halides is 2. The van der Waals surface area contributed by atoms with Gasteiger partial charge in [0, 0.05) is 28.5 Å². The summed E-state index contributed by atoms with van der Waals surface area (Å²) in [6, 6.07) is 7.68. The van der Waals surface area contributed by atoms with Gasteiger partial charge in [-0.15, -0.1) is 0 Å². The molecule has 3 saturated carbocycles. The quantitative estimate of drug-likeness (QED) is 0.350. The molecule has 43 heavy (non-hydrogen) atoms. The number of Topliss-reactive ketones (excluding diaryl/α,β-unsaturated/α-hetero) is 1. The number of benzene rings is 1. The SMILES string of the molecule is C=C1C=C[C@@]2(C)C(=C1)[C@@H](F)C[C@H]1[C@@H]3C[C@H]4OC(CCC)O[C@@]4(C(=O)COc4ccc(NC(C)C)cc4)[C@@]3(C)C[C@H](O)[C@@]12F. The number of ketones is 1. The second-order valence-corrected chi connectivity index (χ2v) is 14.0. The number of ether oxygens (including phenoxy) is 3. The Morgan fingerprint density at radius 1 is 1.21 bits per heavy atom. The summed E-state index contributed by atoms with van der Waals surface area (Å²) in [5.41, 5.74) is -4.02. The maximum atomic E-state index is 17.7. The number of aliphatic hydroxyl groups excluding tert-OH is 1. The van der Waals surface area contributed by atoms with Crippen LogP contribution in [0.3, 0.4) is 0 Å². The summed E-state index contributed by atoms with van der Waals surface area (Å²) in [6.45, 7) is 13.4. The third-order valence-corrected chi connectivity index (χ3v) is 11.1.